The van der Waals surface area contributed by atoms with Crippen LogP contribution in [0, 0.1) is 5.92 Å². The Kier molecular flexibility index (Phi) is 15.7. The summed E-state index contributed by atoms with van der Waals surface area (Å²) in [5.41, 5.74) is 0. The number of hydrogen-bond acceptors (Lipinski definition) is 12. The van der Waals surface area contributed by atoms with E-state index in [9.17, 15) is 35.1 Å². The minimum atomic E-state index is -1.78. The molecule has 0 spiro atoms. The van der Waals surface area contributed by atoms with Gasteiger partial charge in [0, 0.05) is 12.5 Å². The molecule has 1 rings (SSSR count). The molecule has 0 amide bonds. The Morgan fingerprint density at radius 1 is 1.04 bits per heavy atom. The first-order valence-corrected chi connectivity index (χ1v) is 6.63. The fourth-order valence-electron chi connectivity index (χ4n) is 2.02. The Morgan fingerprint density at radius 2 is 1.56 bits per heavy atom. The van der Waals surface area contributed by atoms with E-state index in [1.165, 1.54) is 0 Å². The van der Waals surface area contributed by atoms with Crippen molar-refractivity contribution in [3.63, 3.8) is 0 Å². The van der Waals surface area contributed by atoms with E-state index >= 15 is 0 Å². The molecule has 13 heteroatoms. The molecule has 10 N–H and O–H groups in total. The Bertz CT molecular complexity index is 386. The smallest absolute Gasteiger partial charge is 0.549 e. The van der Waals surface area contributed by atoms with Crippen LogP contribution < -0.4 is 22.5 Å². The van der Waals surface area contributed by atoms with Gasteiger partial charge >= 0.3 is 21.1 Å². The average molecular weight is 551 g/mol. The maximum atomic E-state index is 10.5. The quantitative estimate of drug-likeness (QED) is 0.123. The molecule has 0 aromatic heterocycles. The van der Waals surface area contributed by atoms with Gasteiger partial charge in [-0.15, -0.1) is 0 Å². The molecule has 1 aliphatic rings. The third-order valence-electron chi connectivity index (χ3n) is 3.34. The topological polar surface area (TPSA) is 250 Å². The minimum Gasteiger partial charge on any atom is -0.549 e. The van der Waals surface area contributed by atoms with Crippen LogP contribution in [0.5, 0.6) is 0 Å². The van der Waals surface area contributed by atoms with Crippen molar-refractivity contribution in [2.24, 2.45) is 5.92 Å². The van der Waals surface area contributed by atoms with Crippen molar-refractivity contribution >= 4 is 11.9 Å². The summed E-state index contributed by atoms with van der Waals surface area (Å²) in [6, 6.07) is 0. The van der Waals surface area contributed by atoms with E-state index in [2.05, 4.69) is 0 Å². The van der Waals surface area contributed by atoms with Gasteiger partial charge in [0.1, 0.15) is 24.4 Å². The number of carbonyl (C=O) groups excluding carboxylic acids is 2. The molecule has 0 unspecified atom stereocenters. The van der Waals surface area contributed by atoms with Crippen molar-refractivity contribution in [2.45, 2.75) is 43.5 Å². The summed E-state index contributed by atoms with van der Waals surface area (Å²) < 4.78 is 10.1. The van der Waals surface area contributed by atoms with E-state index in [4.69, 9.17) is 14.6 Å². The van der Waals surface area contributed by atoms with Gasteiger partial charge in [-0.2, -0.15) is 0 Å². The minimum absolute atomic E-state index is 0. The molecule has 1 aliphatic heterocycles. The van der Waals surface area contributed by atoms with Crippen molar-refractivity contribution in [2.75, 3.05) is 13.2 Å². The molecule has 0 bridgehead atoms. The molecule has 0 aromatic carbocycles. The van der Waals surface area contributed by atoms with Gasteiger partial charge in [-0.05, 0) is 12.8 Å². The van der Waals surface area contributed by atoms with Crippen molar-refractivity contribution in [3.8, 4) is 0 Å². The molecule has 152 valence electrons. The second-order valence-electron chi connectivity index (χ2n) is 4.90. The summed E-state index contributed by atoms with van der Waals surface area (Å²) in [5.74, 6) is -5.32. The SMILES string of the molecule is N.N.O=C([O-])C(CCCO[C@H]1O[C@H](CO)[C@H](O)[C@H](O)[C@H]1O)C(=O)[O-].[Pt+2]. The van der Waals surface area contributed by atoms with E-state index in [0.717, 1.165) is 0 Å². The van der Waals surface area contributed by atoms with E-state index in [1.54, 1.807) is 0 Å². The number of aliphatic hydroxyl groups excluding tert-OH is 4. The van der Waals surface area contributed by atoms with Crippen LogP contribution >= 0.6 is 0 Å². The number of rotatable bonds is 8. The zero-order valence-corrected chi connectivity index (χ0v) is 15.5. The first-order chi connectivity index (χ1) is 10.3. The Morgan fingerprint density at radius 3 is 2.00 bits per heavy atom. The third-order valence-corrected chi connectivity index (χ3v) is 3.34. The first kappa shape index (κ1) is 29.1. The normalized spacial score (nSPS) is 28.3. The molecular formula is C12H24N2O10Pt. The number of aliphatic carboxylic acids is 2. The van der Waals surface area contributed by atoms with Gasteiger partial charge in [0.25, 0.3) is 0 Å². The van der Waals surface area contributed by atoms with Gasteiger partial charge in [0.15, 0.2) is 6.29 Å². The summed E-state index contributed by atoms with van der Waals surface area (Å²) in [5, 5.41) is 58.7. The first-order valence-electron chi connectivity index (χ1n) is 6.63. The van der Waals surface area contributed by atoms with Gasteiger partial charge < -0.3 is 62.0 Å². The standard InChI is InChI=1S/C12H20O10.2H3N.Pt/c13-4-6-7(14)8(15)9(16)12(22-6)21-3-1-2-5(10(17)18)11(19)20;;;/h5-9,12-16H,1-4H2,(H,17,18)(H,19,20);2*1H3;/q;;;+2/p-2/t6-,7+,8+,9-,12+;;;/m1.../s1. The second kappa shape index (κ2) is 13.5. The molecule has 1 saturated heterocycles. The maximum absolute atomic E-state index is 10.5. The number of carboxylic acids is 2. The molecule has 0 radical (unpaired) electrons. The van der Waals surface area contributed by atoms with E-state index < -0.39 is 55.2 Å². The predicted molar refractivity (Wildman–Crippen MR) is 72.5 cm³/mol. The van der Waals surface area contributed by atoms with Gasteiger partial charge in [-0.3, -0.25) is 0 Å². The fraction of sp³-hybridized carbons (Fsp3) is 0.833. The van der Waals surface area contributed by atoms with Crippen LogP contribution in [0.1, 0.15) is 12.8 Å². The van der Waals surface area contributed by atoms with Crippen LogP contribution in [0.3, 0.4) is 0 Å². The van der Waals surface area contributed by atoms with Crippen LogP contribution in [0.25, 0.3) is 0 Å². The Hall–Kier alpha value is -0.692. The van der Waals surface area contributed by atoms with Crippen LogP contribution in [-0.2, 0) is 40.1 Å². The van der Waals surface area contributed by atoms with Gasteiger partial charge in [-0.25, -0.2) is 0 Å². The molecule has 1 fully saturated rings. The molecular weight excluding hydrogens is 527 g/mol. The molecule has 0 saturated carbocycles. The third kappa shape index (κ3) is 8.03. The molecule has 0 aliphatic carbocycles. The zero-order valence-electron chi connectivity index (χ0n) is 13.3. The van der Waals surface area contributed by atoms with Crippen LogP contribution in [0.4, 0.5) is 0 Å². The van der Waals surface area contributed by atoms with E-state index in [1.807, 2.05) is 0 Å². The average Bonchev–Trinajstić information content (AvgIpc) is 2.45. The molecule has 12 nitrogen and oxygen atoms in total. The van der Waals surface area contributed by atoms with Crippen molar-refractivity contribution in [3.05, 3.63) is 0 Å². The summed E-state index contributed by atoms with van der Waals surface area (Å²) in [6.07, 6.45) is -7.46. The van der Waals surface area contributed by atoms with Gasteiger partial charge in [0.2, 0.25) is 0 Å². The summed E-state index contributed by atoms with van der Waals surface area (Å²) in [4.78, 5) is 21.0. The summed E-state index contributed by atoms with van der Waals surface area (Å²) >= 11 is 0. The van der Waals surface area contributed by atoms with E-state index in [-0.39, 0.29) is 52.8 Å². The number of aliphatic hydroxyl groups is 4. The largest absolute Gasteiger partial charge is 2.00 e. The maximum Gasteiger partial charge on any atom is 2.00 e. The van der Waals surface area contributed by atoms with Crippen LogP contribution in [0.15, 0.2) is 0 Å². The van der Waals surface area contributed by atoms with Gasteiger partial charge in [0.05, 0.1) is 18.5 Å². The molecule has 0 aromatic rings. The van der Waals surface area contributed by atoms with Crippen molar-refractivity contribution < 1.29 is 70.8 Å². The molecule has 25 heavy (non-hydrogen) atoms. The van der Waals surface area contributed by atoms with Crippen molar-refractivity contribution in [1.29, 1.82) is 0 Å². The number of carboxylic acid groups (broad SMARTS) is 2. The number of carbonyl (C=O) groups is 2. The fourth-order valence-corrected chi connectivity index (χ4v) is 2.02. The monoisotopic (exact) mass is 551 g/mol. The summed E-state index contributed by atoms with van der Waals surface area (Å²) in [7, 11) is 0. The predicted octanol–water partition coefficient (Wildman–Crippen LogP) is -4.98. The van der Waals surface area contributed by atoms with E-state index in [0.29, 0.717) is 0 Å². The van der Waals surface area contributed by atoms with Crippen LogP contribution in [0.2, 0.25) is 0 Å². The molecule has 1 heterocycles. The second-order valence-corrected chi connectivity index (χ2v) is 4.90. The zero-order chi connectivity index (χ0) is 16.9. The number of ether oxygens (including phenoxy) is 2. The molecule has 5 atom stereocenters. The van der Waals surface area contributed by atoms with Crippen LogP contribution in [-0.4, -0.2) is 76.3 Å². The Balaban J connectivity index is -0.00000161. The summed E-state index contributed by atoms with van der Waals surface area (Å²) in [6.45, 7) is -0.790. The Labute approximate surface area is 158 Å². The van der Waals surface area contributed by atoms with Crippen molar-refractivity contribution in [1.82, 2.24) is 12.3 Å². The van der Waals surface area contributed by atoms with Gasteiger partial charge in [-0.1, -0.05) is 0 Å². The number of hydrogen-bond donors (Lipinski definition) is 6.